The van der Waals surface area contributed by atoms with Gasteiger partial charge in [0.2, 0.25) is 29.5 Å². The van der Waals surface area contributed by atoms with Gasteiger partial charge in [-0.2, -0.15) is 0 Å². The maximum atomic E-state index is 14.0. The number of imide groups is 2. The number of carboxylic acids is 1. The van der Waals surface area contributed by atoms with E-state index < -0.39 is 84.3 Å². The number of para-hydroxylation sites is 1. The molecule has 6 atom stereocenters. The van der Waals surface area contributed by atoms with Crippen LogP contribution in [0.3, 0.4) is 0 Å². The van der Waals surface area contributed by atoms with Crippen LogP contribution in [0.4, 0.5) is 9.59 Å². The number of nitrogens with two attached hydrogens (primary N) is 2. The summed E-state index contributed by atoms with van der Waals surface area (Å²) < 4.78 is 6.04. The fraction of sp³-hybridized carbons (Fsp3) is 0.486. The Bertz CT molecular complexity index is 2010. The van der Waals surface area contributed by atoms with Gasteiger partial charge in [-0.15, -0.1) is 10.2 Å². The molecule has 2 aliphatic rings. The van der Waals surface area contributed by atoms with Crippen molar-refractivity contribution in [1.29, 1.82) is 0 Å². The molecule has 0 radical (unpaired) electrons. The summed E-state index contributed by atoms with van der Waals surface area (Å²) in [5, 5.41) is 33.0. The molecule has 8 amide bonds. The van der Waals surface area contributed by atoms with Crippen LogP contribution in [0.15, 0.2) is 39.9 Å². The lowest BCUT2D eigenvalue weighted by Gasteiger charge is -2.29. The van der Waals surface area contributed by atoms with Gasteiger partial charge in [-0.25, -0.2) is 9.59 Å². The Morgan fingerprint density at radius 1 is 0.912 bits per heavy atom. The van der Waals surface area contributed by atoms with Crippen molar-refractivity contribution >= 4 is 58.5 Å². The lowest BCUT2D eigenvalue weighted by molar-refractivity contribution is -0.140. The molecule has 0 saturated carbocycles. The molecule has 3 aromatic rings. The molecule has 2 aromatic heterocycles. The molecular formula is C35H47N13O9. The van der Waals surface area contributed by atoms with Crippen LogP contribution >= 0.6 is 0 Å². The van der Waals surface area contributed by atoms with Gasteiger partial charge in [0.15, 0.2) is 5.96 Å². The molecule has 57 heavy (non-hydrogen) atoms. The number of hydrogen-bond donors (Lipinski definition) is 10. The summed E-state index contributed by atoms with van der Waals surface area (Å²) in [6, 6.07) is -1.75. The Morgan fingerprint density at radius 3 is 2.32 bits per heavy atom. The maximum absolute atomic E-state index is 14.0. The number of nitrogens with zero attached hydrogens (tertiary/aromatic N) is 4. The highest BCUT2D eigenvalue weighted by Crippen LogP contribution is 2.32. The monoisotopic (exact) mass is 793 g/mol. The largest absolute Gasteiger partial charge is 0.481 e. The second kappa shape index (κ2) is 18.8. The molecule has 3 unspecified atom stereocenters. The van der Waals surface area contributed by atoms with E-state index in [9.17, 15) is 38.7 Å². The first-order valence-electron chi connectivity index (χ1n) is 18.5. The van der Waals surface area contributed by atoms with E-state index in [0.717, 1.165) is 10.9 Å². The predicted molar refractivity (Wildman–Crippen MR) is 201 cm³/mol. The molecular weight excluding hydrogens is 746 g/mol. The number of hydrogen-bond acceptors (Lipinski definition) is 12. The van der Waals surface area contributed by atoms with Crippen molar-refractivity contribution in [2.24, 2.45) is 16.5 Å². The quantitative estimate of drug-likeness (QED) is 0.0728. The smallest absolute Gasteiger partial charge is 0.322 e. The third-order valence-electron chi connectivity index (χ3n) is 9.63. The number of aromatic amines is 1. The number of aliphatic imine (C=N–C) groups is 1. The number of rotatable bonds is 9. The van der Waals surface area contributed by atoms with Gasteiger partial charge in [-0.3, -0.25) is 44.5 Å². The van der Waals surface area contributed by atoms with Gasteiger partial charge in [-0.1, -0.05) is 25.1 Å². The number of guanidine groups is 1. The van der Waals surface area contributed by atoms with E-state index in [1.165, 1.54) is 0 Å². The number of aromatic nitrogens is 3. The van der Waals surface area contributed by atoms with E-state index in [1.54, 1.807) is 19.2 Å². The molecule has 1 aromatic carbocycles. The highest BCUT2D eigenvalue weighted by atomic mass is 16.4. The molecule has 0 spiro atoms. The zero-order valence-electron chi connectivity index (χ0n) is 31.4. The number of carbonyl (C=O) groups excluding carboxylic acids is 6. The van der Waals surface area contributed by atoms with E-state index in [-0.39, 0.29) is 43.5 Å². The van der Waals surface area contributed by atoms with Gasteiger partial charge >= 0.3 is 18.0 Å². The zero-order valence-corrected chi connectivity index (χ0v) is 31.4. The number of urea groups is 2. The second-order valence-electron chi connectivity index (χ2n) is 13.7. The van der Waals surface area contributed by atoms with Gasteiger partial charge in [0.05, 0.1) is 18.5 Å². The molecule has 0 aliphatic carbocycles. The van der Waals surface area contributed by atoms with Crippen LogP contribution < -0.4 is 43.4 Å². The van der Waals surface area contributed by atoms with Crippen LogP contribution in [0.5, 0.6) is 0 Å². The van der Waals surface area contributed by atoms with Crippen LogP contribution in [0.25, 0.3) is 10.9 Å². The van der Waals surface area contributed by atoms with E-state index in [4.69, 9.17) is 15.9 Å². The number of carboxylic acid groups (broad SMARTS) is 1. The van der Waals surface area contributed by atoms with Crippen molar-refractivity contribution in [2.75, 3.05) is 13.1 Å². The third-order valence-corrected chi connectivity index (χ3v) is 9.63. The Morgan fingerprint density at radius 2 is 1.60 bits per heavy atom. The summed E-state index contributed by atoms with van der Waals surface area (Å²) in [5.41, 5.74) is 12.2. The van der Waals surface area contributed by atoms with Crippen molar-refractivity contribution in [1.82, 2.24) is 52.0 Å². The molecule has 22 heteroatoms. The third kappa shape index (κ3) is 10.8. The standard InChI is InChI=1S/C35H47N13O9/c1-3-24-32-47-46-31(57-32)17(2)40-28(52)22(14-18-16-39-20-9-5-4-8-19(18)20)41-29(53)23(15-26(49)50)43-35(56)44-27(51)21(10-6-12-38-33(36)37)42-34(55)45-30(54)25-11-7-13-48(24)25/h4-5,8-9,16-17,21-25,39H,3,6-7,10-15H2,1-2H3,(H,40,52)(H,41,53)(H,49,50)(H4,36,37,38)(H2,42,45,54,55)(H2,43,44,51,56)/t17-,21-,22?,23?,24?,25-/m0/s1. The molecule has 5 rings (SSSR count). The average molecular weight is 794 g/mol. The fourth-order valence-electron chi connectivity index (χ4n) is 6.87. The Labute approximate surface area is 325 Å². The number of amides is 8. The minimum absolute atomic E-state index is 0.0355. The number of nitrogens with one attached hydrogen (secondary N) is 7. The zero-order chi connectivity index (χ0) is 41.2. The van der Waals surface area contributed by atoms with Gasteiger partial charge in [0.1, 0.15) is 24.2 Å². The number of benzene rings is 1. The Balaban J connectivity index is 1.48. The number of H-pyrrole nitrogens is 1. The number of aliphatic carboxylic acids is 1. The lowest BCUT2D eigenvalue weighted by Crippen LogP contribution is -2.58. The molecule has 22 nitrogen and oxygen atoms in total. The van der Waals surface area contributed by atoms with Crippen molar-refractivity contribution in [3.8, 4) is 0 Å². The van der Waals surface area contributed by atoms with E-state index >= 15 is 0 Å². The molecule has 2 bridgehead atoms. The summed E-state index contributed by atoms with van der Waals surface area (Å²) in [6.07, 6.45) is 2.17. The van der Waals surface area contributed by atoms with Crippen LogP contribution in [-0.2, 0) is 30.4 Å². The molecule has 4 heterocycles. The van der Waals surface area contributed by atoms with E-state index in [0.29, 0.717) is 31.4 Å². The first-order valence-corrected chi connectivity index (χ1v) is 18.5. The minimum Gasteiger partial charge on any atom is -0.481 e. The number of fused-ring (bicyclic) bond motifs is 4. The number of carbonyl (C=O) groups is 7. The summed E-state index contributed by atoms with van der Waals surface area (Å²) in [6.45, 7) is 3.97. The lowest BCUT2D eigenvalue weighted by atomic mass is 10.0. The second-order valence-corrected chi connectivity index (χ2v) is 13.7. The van der Waals surface area contributed by atoms with Gasteiger partial charge < -0.3 is 47.2 Å². The normalized spacial score (nSPS) is 24.4. The van der Waals surface area contributed by atoms with E-state index in [1.807, 2.05) is 35.3 Å². The van der Waals surface area contributed by atoms with Gasteiger partial charge in [0.25, 0.3) is 5.91 Å². The van der Waals surface area contributed by atoms with Crippen LogP contribution in [0.1, 0.15) is 81.8 Å². The fourth-order valence-corrected chi connectivity index (χ4v) is 6.87. The molecule has 2 aliphatic heterocycles. The summed E-state index contributed by atoms with van der Waals surface area (Å²) in [7, 11) is 0. The van der Waals surface area contributed by atoms with Crippen molar-refractivity contribution in [3.05, 3.63) is 47.8 Å². The van der Waals surface area contributed by atoms with Crippen LogP contribution in [0, 0.1) is 0 Å². The summed E-state index contributed by atoms with van der Waals surface area (Å²) in [5.74, 6) is -4.94. The Hall–Kier alpha value is -6.58. The Kier molecular flexibility index (Phi) is 13.7. The predicted octanol–water partition coefficient (Wildman–Crippen LogP) is -0.698. The van der Waals surface area contributed by atoms with Crippen molar-refractivity contribution in [2.45, 2.75) is 95.0 Å². The van der Waals surface area contributed by atoms with Crippen molar-refractivity contribution in [3.63, 3.8) is 0 Å². The maximum Gasteiger partial charge on any atom is 0.322 e. The topological polar surface area (TPSA) is 334 Å². The molecule has 1 saturated heterocycles. The van der Waals surface area contributed by atoms with Crippen LogP contribution in [-0.4, -0.2) is 110 Å². The SMILES string of the molecule is CCC1c2nnc(o2)[C@H](C)NC(=O)C(Cc2c[nH]c3ccccc23)NC(=O)C(CC(=O)O)NC(=O)NC(=O)[C@H](CCCN=C(N)N)NC(=O)NC(=O)[C@@H]2CCCN12. The molecule has 1 fully saturated rings. The average Bonchev–Trinajstić information content (AvgIpc) is 3.93. The summed E-state index contributed by atoms with van der Waals surface area (Å²) in [4.78, 5) is 101. The van der Waals surface area contributed by atoms with Crippen molar-refractivity contribution < 1.29 is 43.1 Å². The molecule has 306 valence electrons. The summed E-state index contributed by atoms with van der Waals surface area (Å²) >= 11 is 0. The highest BCUT2D eigenvalue weighted by molar-refractivity contribution is 6.03. The first-order chi connectivity index (χ1) is 27.2. The van der Waals surface area contributed by atoms with E-state index in [2.05, 4.69) is 46.8 Å². The highest BCUT2D eigenvalue weighted by Gasteiger charge is 2.39. The molecule has 12 N–H and O–H groups in total. The van der Waals surface area contributed by atoms with Crippen LogP contribution in [0.2, 0.25) is 0 Å². The van der Waals surface area contributed by atoms with Gasteiger partial charge in [0, 0.05) is 30.1 Å². The first kappa shape index (κ1) is 41.6. The van der Waals surface area contributed by atoms with Gasteiger partial charge in [-0.05, 0) is 57.2 Å². The minimum atomic E-state index is -1.78.